The number of carbonyl (C=O) groups excluding carboxylic acids is 1. The summed E-state index contributed by atoms with van der Waals surface area (Å²) in [7, 11) is -3.67. The number of primary sulfonamides is 1. The third kappa shape index (κ3) is 3.62. The zero-order chi connectivity index (χ0) is 16.7. The molecule has 120 valence electrons. The lowest BCUT2D eigenvalue weighted by molar-refractivity contribution is -0.385. The van der Waals surface area contributed by atoms with Crippen molar-refractivity contribution in [2.24, 2.45) is 11.1 Å². The Balaban J connectivity index is 2.34. The maximum absolute atomic E-state index is 12.1. The zero-order valence-electron chi connectivity index (χ0n) is 11.7. The average molecular weight is 392 g/mol. The van der Waals surface area contributed by atoms with Crippen molar-refractivity contribution < 1.29 is 18.1 Å². The second-order valence-corrected chi connectivity index (χ2v) is 7.76. The summed E-state index contributed by atoms with van der Waals surface area (Å²) in [6.45, 7) is 1.76. The average Bonchev–Trinajstić information content (AvgIpc) is 2.67. The van der Waals surface area contributed by atoms with E-state index in [0.717, 1.165) is 0 Å². The van der Waals surface area contributed by atoms with Gasteiger partial charge in [0.15, 0.2) is 0 Å². The number of hydrogen-bond acceptors (Lipinski definition) is 5. The molecule has 1 heterocycles. The van der Waals surface area contributed by atoms with Crippen LogP contribution < -0.4 is 10.0 Å². The van der Waals surface area contributed by atoms with E-state index in [-0.39, 0.29) is 30.3 Å². The molecule has 22 heavy (non-hydrogen) atoms. The van der Waals surface area contributed by atoms with Crippen molar-refractivity contribution in [3.8, 4) is 0 Å². The van der Waals surface area contributed by atoms with E-state index < -0.39 is 20.9 Å². The summed E-state index contributed by atoms with van der Waals surface area (Å²) >= 11 is 3.29. The van der Waals surface area contributed by atoms with Gasteiger partial charge >= 0.3 is 0 Å². The van der Waals surface area contributed by atoms with Crippen molar-refractivity contribution in [3.05, 3.63) is 32.3 Å². The lowest BCUT2D eigenvalue weighted by Gasteiger charge is -2.18. The van der Waals surface area contributed by atoms with Crippen molar-refractivity contribution in [2.75, 3.05) is 17.2 Å². The molecule has 0 bridgehead atoms. The number of nitrogens with two attached hydrogens (primary N) is 1. The molecule has 0 saturated carbocycles. The number of hydrogen-bond donors (Lipinski definition) is 1. The Hall–Kier alpha value is -1.52. The quantitative estimate of drug-likeness (QED) is 0.611. The number of amides is 1. The first-order chi connectivity index (χ1) is 10.1. The Morgan fingerprint density at radius 2 is 2.14 bits per heavy atom. The first kappa shape index (κ1) is 16.8. The first-order valence-electron chi connectivity index (χ1n) is 6.34. The van der Waals surface area contributed by atoms with Gasteiger partial charge in [0, 0.05) is 35.0 Å². The number of nitro benzene ring substituents is 1. The summed E-state index contributed by atoms with van der Waals surface area (Å²) < 4.78 is 22.8. The number of nitrogens with zero attached hydrogens (tertiary/aromatic N) is 2. The van der Waals surface area contributed by atoms with Crippen LogP contribution in [0, 0.1) is 23.0 Å². The molecule has 1 fully saturated rings. The number of nitro groups is 1. The van der Waals surface area contributed by atoms with E-state index in [1.54, 1.807) is 13.0 Å². The molecule has 1 aliphatic rings. The van der Waals surface area contributed by atoms with Gasteiger partial charge in [-0.2, -0.15) is 0 Å². The highest BCUT2D eigenvalue weighted by atomic mass is 79.9. The molecule has 0 aliphatic carbocycles. The van der Waals surface area contributed by atoms with Crippen LogP contribution in [0.2, 0.25) is 0 Å². The first-order valence-corrected chi connectivity index (χ1v) is 8.84. The van der Waals surface area contributed by atoms with Crippen LogP contribution in [0.1, 0.15) is 12.0 Å². The summed E-state index contributed by atoms with van der Waals surface area (Å²) in [6, 6.07) is 2.88. The molecule has 0 aromatic heterocycles. The van der Waals surface area contributed by atoms with Gasteiger partial charge in [0.1, 0.15) is 0 Å². The molecule has 10 heteroatoms. The Labute approximate surface area is 135 Å². The molecule has 2 rings (SSSR count). The number of benzene rings is 1. The van der Waals surface area contributed by atoms with Crippen LogP contribution in [-0.4, -0.2) is 31.5 Å². The van der Waals surface area contributed by atoms with E-state index in [9.17, 15) is 23.3 Å². The van der Waals surface area contributed by atoms with E-state index in [4.69, 9.17) is 5.14 Å². The fraction of sp³-hybridized carbons (Fsp3) is 0.417. The van der Waals surface area contributed by atoms with Crippen LogP contribution in [0.15, 0.2) is 16.6 Å². The predicted octanol–water partition coefficient (Wildman–Crippen LogP) is 1.31. The van der Waals surface area contributed by atoms with Gasteiger partial charge in [0.25, 0.3) is 5.69 Å². The minimum Gasteiger partial charge on any atom is -0.311 e. The molecule has 2 N–H and O–H groups in total. The molecule has 1 amide bonds. The number of anilines is 1. The molecular weight excluding hydrogens is 378 g/mol. The maximum Gasteiger partial charge on any atom is 0.274 e. The Morgan fingerprint density at radius 1 is 1.50 bits per heavy atom. The second-order valence-electron chi connectivity index (χ2n) is 5.25. The molecule has 1 aromatic carbocycles. The predicted molar refractivity (Wildman–Crippen MR) is 84.0 cm³/mol. The molecule has 0 radical (unpaired) electrons. The number of aryl methyl sites for hydroxylation is 1. The summed E-state index contributed by atoms with van der Waals surface area (Å²) in [5.74, 6) is -0.997. The van der Waals surface area contributed by atoms with E-state index in [1.165, 1.54) is 11.0 Å². The Bertz CT molecular complexity index is 749. The molecule has 1 aliphatic heterocycles. The van der Waals surface area contributed by atoms with Gasteiger partial charge in [0.2, 0.25) is 15.9 Å². The molecule has 8 nitrogen and oxygen atoms in total. The third-order valence-corrected chi connectivity index (χ3v) is 5.00. The van der Waals surface area contributed by atoms with E-state index in [1.807, 2.05) is 0 Å². The number of carbonyl (C=O) groups is 1. The highest BCUT2D eigenvalue weighted by molar-refractivity contribution is 9.10. The van der Waals surface area contributed by atoms with Crippen molar-refractivity contribution >= 4 is 43.2 Å². The summed E-state index contributed by atoms with van der Waals surface area (Å²) in [4.78, 5) is 23.9. The highest BCUT2D eigenvalue weighted by Gasteiger charge is 2.34. The van der Waals surface area contributed by atoms with Gasteiger partial charge in [-0.25, -0.2) is 13.6 Å². The summed E-state index contributed by atoms with van der Waals surface area (Å²) in [5, 5.41) is 16.0. The smallest absolute Gasteiger partial charge is 0.274 e. The Morgan fingerprint density at radius 3 is 2.68 bits per heavy atom. The zero-order valence-corrected chi connectivity index (χ0v) is 14.1. The van der Waals surface area contributed by atoms with Gasteiger partial charge in [-0.3, -0.25) is 14.9 Å². The van der Waals surface area contributed by atoms with Gasteiger partial charge in [-0.1, -0.05) is 0 Å². The van der Waals surface area contributed by atoms with Crippen molar-refractivity contribution in [1.29, 1.82) is 0 Å². The lowest BCUT2D eigenvalue weighted by atomic mass is 10.1. The van der Waals surface area contributed by atoms with Crippen LogP contribution in [0.3, 0.4) is 0 Å². The van der Waals surface area contributed by atoms with Crippen LogP contribution in [0.25, 0.3) is 0 Å². The highest BCUT2D eigenvalue weighted by Crippen LogP contribution is 2.36. The number of rotatable bonds is 4. The van der Waals surface area contributed by atoms with E-state index in [0.29, 0.717) is 15.7 Å². The molecule has 1 atom stereocenters. The van der Waals surface area contributed by atoms with Crippen LogP contribution in [-0.2, 0) is 14.8 Å². The second kappa shape index (κ2) is 5.94. The molecule has 0 spiro atoms. The van der Waals surface area contributed by atoms with Gasteiger partial charge in [-0.05, 0) is 28.9 Å². The van der Waals surface area contributed by atoms with Crippen LogP contribution >= 0.6 is 15.9 Å². The van der Waals surface area contributed by atoms with Crippen molar-refractivity contribution in [2.45, 2.75) is 13.3 Å². The summed E-state index contributed by atoms with van der Waals surface area (Å²) in [5.41, 5.74) is 0.730. The number of sulfonamides is 1. The van der Waals surface area contributed by atoms with Crippen LogP contribution in [0.5, 0.6) is 0 Å². The van der Waals surface area contributed by atoms with E-state index in [2.05, 4.69) is 15.9 Å². The lowest BCUT2D eigenvalue weighted by Crippen LogP contribution is -2.27. The van der Waals surface area contributed by atoms with Crippen molar-refractivity contribution in [3.63, 3.8) is 0 Å². The monoisotopic (exact) mass is 391 g/mol. The van der Waals surface area contributed by atoms with Gasteiger partial charge in [-0.15, -0.1) is 0 Å². The molecule has 1 saturated heterocycles. The minimum atomic E-state index is -3.67. The van der Waals surface area contributed by atoms with Gasteiger partial charge in [0.05, 0.1) is 16.4 Å². The fourth-order valence-electron chi connectivity index (χ4n) is 2.51. The molecule has 1 aromatic rings. The van der Waals surface area contributed by atoms with E-state index >= 15 is 0 Å². The molecular formula is C12H14BrN3O5S. The topological polar surface area (TPSA) is 124 Å². The normalized spacial score (nSPS) is 18.8. The fourth-order valence-corrected chi connectivity index (χ4v) is 4.06. The number of halogens is 1. The van der Waals surface area contributed by atoms with Gasteiger partial charge < -0.3 is 4.90 Å². The largest absolute Gasteiger partial charge is 0.311 e. The molecule has 1 unspecified atom stereocenters. The Kier molecular flexibility index (Phi) is 4.54. The minimum absolute atomic E-state index is 0.0462. The maximum atomic E-state index is 12.1. The van der Waals surface area contributed by atoms with Crippen molar-refractivity contribution in [1.82, 2.24) is 0 Å². The third-order valence-electron chi connectivity index (χ3n) is 3.43. The summed E-state index contributed by atoms with van der Waals surface area (Å²) in [6.07, 6.45) is 0.0462. The standard InChI is InChI=1S/C12H14BrN3O5S/c1-7-2-9(13)11(4-10(7)16(18)19)15-5-8(3-12(15)17)6-22(14,20)21/h2,4,8H,3,5-6H2,1H3,(H2,14,20,21). The van der Waals surface area contributed by atoms with Crippen LogP contribution in [0.4, 0.5) is 11.4 Å². The SMILES string of the molecule is Cc1cc(Br)c(N2CC(CS(N)(=O)=O)CC2=O)cc1[N+](=O)[O-].